The summed E-state index contributed by atoms with van der Waals surface area (Å²) in [6.07, 6.45) is 1.58. The molecule has 1 heterocycles. The van der Waals surface area contributed by atoms with E-state index >= 15 is 0 Å². The molecule has 0 fully saturated rings. The number of nitrogens with zero attached hydrogens (tertiary/aromatic N) is 3. The second-order valence-corrected chi connectivity index (χ2v) is 3.86. The first kappa shape index (κ1) is 13.5. The molecule has 0 bridgehead atoms. The van der Waals surface area contributed by atoms with Gasteiger partial charge in [-0.1, -0.05) is 6.07 Å². The predicted octanol–water partition coefficient (Wildman–Crippen LogP) is 1.62. The number of aromatic nitrogens is 2. The highest BCUT2D eigenvalue weighted by molar-refractivity contribution is 5.89. The Morgan fingerprint density at radius 1 is 1.35 bits per heavy atom. The first-order valence-electron chi connectivity index (χ1n) is 5.98. The van der Waals surface area contributed by atoms with E-state index in [9.17, 15) is 4.79 Å². The summed E-state index contributed by atoms with van der Waals surface area (Å²) < 4.78 is 5.09. The Morgan fingerprint density at radius 3 is 3.00 bits per heavy atom. The van der Waals surface area contributed by atoms with Crippen molar-refractivity contribution < 1.29 is 9.53 Å². The van der Waals surface area contributed by atoms with Gasteiger partial charge >= 0.3 is 5.97 Å². The third kappa shape index (κ3) is 3.78. The van der Waals surface area contributed by atoms with Crippen LogP contribution in [-0.4, -0.2) is 29.3 Å². The summed E-state index contributed by atoms with van der Waals surface area (Å²) in [5.41, 5.74) is 0.792. The van der Waals surface area contributed by atoms with Crippen molar-refractivity contribution in [3.05, 3.63) is 53.7 Å². The van der Waals surface area contributed by atoms with Gasteiger partial charge in [-0.15, -0.1) is 5.10 Å². The maximum absolute atomic E-state index is 11.7. The van der Waals surface area contributed by atoms with E-state index in [0.29, 0.717) is 23.5 Å². The van der Waals surface area contributed by atoms with Gasteiger partial charge in [0, 0.05) is 6.20 Å². The van der Waals surface area contributed by atoms with Crippen molar-refractivity contribution in [3.8, 4) is 6.07 Å². The van der Waals surface area contributed by atoms with E-state index in [-0.39, 0.29) is 6.61 Å². The molecule has 0 aliphatic rings. The number of hydrogen-bond donors (Lipinski definition) is 1. The van der Waals surface area contributed by atoms with Gasteiger partial charge < -0.3 is 10.1 Å². The van der Waals surface area contributed by atoms with Crippen LogP contribution in [0.2, 0.25) is 0 Å². The molecule has 1 aromatic heterocycles. The van der Waals surface area contributed by atoms with Crippen molar-refractivity contribution in [2.75, 3.05) is 18.5 Å². The van der Waals surface area contributed by atoms with Crippen molar-refractivity contribution in [2.24, 2.45) is 0 Å². The molecule has 6 heteroatoms. The molecule has 0 saturated carbocycles. The van der Waals surface area contributed by atoms with Crippen molar-refractivity contribution in [3.63, 3.8) is 0 Å². The van der Waals surface area contributed by atoms with Crippen LogP contribution in [0.3, 0.4) is 0 Å². The fourth-order valence-corrected chi connectivity index (χ4v) is 1.52. The molecule has 0 aliphatic heterocycles. The zero-order valence-corrected chi connectivity index (χ0v) is 10.6. The molecule has 20 heavy (non-hydrogen) atoms. The van der Waals surface area contributed by atoms with Crippen molar-refractivity contribution in [2.45, 2.75) is 0 Å². The molecule has 1 N–H and O–H groups in total. The predicted molar refractivity (Wildman–Crippen MR) is 72.0 cm³/mol. The maximum Gasteiger partial charge on any atom is 0.338 e. The van der Waals surface area contributed by atoms with Gasteiger partial charge in [-0.25, -0.2) is 4.79 Å². The molecule has 0 aliphatic carbocycles. The van der Waals surface area contributed by atoms with Crippen molar-refractivity contribution >= 4 is 11.8 Å². The monoisotopic (exact) mass is 268 g/mol. The Morgan fingerprint density at radius 2 is 2.25 bits per heavy atom. The van der Waals surface area contributed by atoms with Gasteiger partial charge in [0.05, 0.1) is 23.7 Å². The average molecular weight is 268 g/mol. The average Bonchev–Trinajstić information content (AvgIpc) is 2.52. The van der Waals surface area contributed by atoms with Crippen molar-refractivity contribution in [1.29, 1.82) is 5.26 Å². The largest absolute Gasteiger partial charge is 0.460 e. The second-order valence-electron chi connectivity index (χ2n) is 3.86. The quantitative estimate of drug-likeness (QED) is 0.654. The molecule has 6 nitrogen and oxygen atoms in total. The number of carbonyl (C=O) groups excluding carboxylic acids is 1. The number of esters is 1. The van der Waals surface area contributed by atoms with Crippen LogP contribution < -0.4 is 5.32 Å². The van der Waals surface area contributed by atoms with E-state index in [1.807, 2.05) is 6.07 Å². The van der Waals surface area contributed by atoms with E-state index in [0.717, 1.165) is 0 Å². The lowest BCUT2D eigenvalue weighted by atomic mass is 10.1. The molecule has 100 valence electrons. The minimum Gasteiger partial charge on any atom is -0.460 e. The Kier molecular flexibility index (Phi) is 4.62. The van der Waals surface area contributed by atoms with Crippen molar-refractivity contribution in [1.82, 2.24) is 10.2 Å². The SMILES string of the molecule is N#Cc1cccc(C(=O)OCCNc2cccnn2)c1. The zero-order valence-electron chi connectivity index (χ0n) is 10.6. The fourth-order valence-electron chi connectivity index (χ4n) is 1.52. The van der Waals surface area contributed by atoms with Crippen LogP contribution in [0.5, 0.6) is 0 Å². The zero-order chi connectivity index (χ0) is 14.2. The van der Waals surface area contributed by atoms with Gasteiger partial charge in [-0.2, -0.15) is 10.4 Å². The van der Waals surface area contributed by atoms with Gasteiger partial charge in [0.25, 0.3) is 0 Å². The van der Waals surface area contributed by atoms with E-state index in [1.54, 1.807) is 36.5 Å². The van der Waals surface area contributed by atoms with Crippen LogP contribution in [0.1, 0.15) is 15.9 Å². The summed E-state index contributed by atoms with van der Waals surface area (Å²) in [4.78, 5) is 11.7. The molecular weight excluding hydrogens is 256 g/mol. The minimum absolute atomic E-state index is 0.201. The number of anilines is 1. The molecule has 0 spiro atoms. The smallest absolute Gasteiger partial charge is 0.338 e. The lowest BCUT2D eigenvalue weighted by Gasteiger charge is -2.06. The molecule has 2 rings (SSSR count). The van der Waals surface area contributed by atoms with Crippen LogP contribution in [-0.2, 0) is 4.74 Å². The van der Waals surface area contributed by atoms with Crippen LogP contribution in [0.25, 0.3) is 0 Å². The van der Waals surface area contributed by atoms with Gasteiger partial charge in [0.2, 0.25) is 0 Å². The maximum atomic E-state index is 11.7. The van der Waals surface area contributed by atoms with Gasteiger partial charge in [0.1, 0.15) is 12.4 Å². The Hall–Kier alpha value is -2.94. The van der Waals surface area contributed by atoms with E-state index in [2.05, 4.69) is 15.5 Å². The number of nitriles is 1. The molecule has 2 aromatic rings. The van der Waals surface area contributed by atoms with Gasteiger partial charge in [0.15, 0.2) is 0 Å². The number of rotatable bonds is 5. The number of benzene rings is 1. The van der Waals surface area contributed by atoms with Crippen LogP contribution in [0, 0.1) is 11.3 Å². The standard InChI is InChI=1S/C14H12N4O2/c15-10-11-3-1-4-12(9-11)14(19)20-8-7-16-13-5-2-6-17-18-13/h1-6,9H,7-8H2,(H,16,18). The highest BCUT2D eigenvalue weighted by atomic mass is 16.5. The van der Waals surface area contributed by atoms with Gasteiger partial charge in [-0.05, 0) is 30.3 Å². The summed E-state index contributed by atoms with van der Waals surface area (Å²) in [6.45, 7) is 0.633. The Balaban J connectivity index is 1.79. The fraction of sp³-hybridized carbons (Fsp3) is 0.143. The first-order valence-corrected chi connectivity index (χ1v) is 5.98. The van der Waals surface area contributed by atoms with Gasteiger partial charge in [-0.3, -0.25) is 0 Å². The highest BCUT2D eigenvalue weighted by Crippen LogP contribution is 2.06. The topological polar surface area (TPSA) is 87.9 Å². The third-order valence-electron chi connectivity index (χ3n) is 2.44. The number of nitrogens with one attached hydrogen (secondary N) is 1. The highest BCUT2D eigenvalue weighted by Gasteiger charge is 2.07. The second kappa shape index (κ2) is 6.85. The molecule has 0 radical (unpaired) electrons. The van der Waals surface area contributed by atoms with Crippen LogP contribution in [0.4, 0.5) is 5.82 Å². The molecule has 1 aromatic carbocycles. The summed E-state index contributed by atoms with van der Waals surface area (Å²) in [5.74, 6) is 0.165. The number of hydrogen-bond acceptors (Lipinski definition) is 6. The van der Waals surface area contributed by atoms with Crippen LogP contribution >= 0.6 is 0 Å². The minimum atomic E-state index is -0.456. The summed E-state index contributed by atoms with van der Waals surface area (Å²) in [5, 5.41) is 19.3. The summed E-state index contributed by atoms with van der Waals surface area (Å²) >= 11 is 0. The molecule has 0 saturated heterocycles. The Bertz CT molecular complexity index is 623. The first-order chi connectivity index (χ1) is 9.79. The van der Waals surface area contributed by atoms with E-state index < -0.39 is 5.97 Å². The normalized spacial score (nSPS) is 9.55. The Labute approximate surface area is 116 Å². The third-order valence-corrected chi connectivity index (χ3v) is 2.44. The molecule has 0 unspecified atom stereocenters. The molecular formula is C14H12N4O2. The van der Waals surface area contributed by atoms with E-state index in [1.165, 1.54) is 6.07 Å². The lowest BCUT2D eigenvalue weighted by Crippen LogP contribution is -2.14. The number of carbonyl (C=O) groups is 1. The molecule has 0 amide bonds. The number of ether oxygens (including phenoxy) is 1. The lowest BCUT2D eigenvalue weighted by molar-refractivity contribution is 0.0520. The van der Waals surface area contributed by atoms with E-state index in [4.69, 9.17) is 10.00 Å². The van der Waals surface area contributed by atoms with Crippen LogP contribution in [0.15, 0.2) is 42.6 Å². The molecule has 0 atom stereocenters. The summed E-state index contributed by atoms with van der Waals surface area (Å²) in [7, 11) is 0. The summed E-state index contributed by atoms with van der Waals surface area (Å²) in [6, 6.07) is 11.9.